The van der Waals surface area contributed by atoms with E-state index in [9.17, 15) is 33.8 Å². The van der Waals surface area contributed by atoms with Gasteiger partial charge in [-0.1, -0.05) is 0 Å². The maximum absolute atomic E-state index is 14.7. The van der Waals surface area contributed by atoms with Gasteiger partial charge in [0.25, 0.3) is 18.8 Å². The van der Waals surface area contributed by atoms with Gasteiger partial charge in [0, 0.05) is 25.2 Å². The molecule has 1 fully saturated rings. The number of anilines is 2. The average molecular weight is 419 g/mol. The number of benzene rings is 2. The molecule has 156 valence electrons. The molecule has 0 N–H and O–H groups in total. The van der Waals surface area contributed by atoms with Gasteiger partial charge in [0.1, 0.15) is 0 Å². The third-order valence-corrected chi connectivity index (χ3v) is 4.72. The van der Waals surface area contributed by atoms with E-state index in [1.54, 1.807) is 4.81 Å². The molecule has 3 rings (SSSR count). The number of non-ortho nitro benzene ring substituents is 2. The van der Waals surface area contributed by atoms with Gasteiger partial charge >= 0.3 is 0 Å². The van der Waals surface area contributed by atoms with E-state index >= 15 is 0 Å². The first-order chi connectivity index (χ1) is 14.3. The van der Waals surface area contributed by atoms with Crippen LogP contribution in [0.1, 0.15) is 0 Å². The Morgan fingerprint density at radius 3 is 1.60 bits per heavy atom. The van der Waals surface area contributed by atoms with E-state index in [1.165, 1.54) is 22.2 Å². The molecule has 10 nitrogen and oxygen atoms in total. The summed E-state index contributed by atoms with van der Waals surface area (Å²) in [5, 5.41) is 24.6. The Hall–Kier alpha value is -3.61. The lowest BCUT2D eigenvalue weighted by Crippen LogP contribution is -2.45. The monoisotopic (exact) mass is 419 g/mol. The zero-order valence-corrected chi connectivity index (χ0v) is 15.6. The number of carbonyl (C=O) groups excluding carboxylic acids is 1. The molecular formula is C17H16BF2N5O5. The number of nitrogens with zero attached hydrogens (tertiary/aromatic N) is 5. The van der Waals surface area contributed by atoms with Gasteiger partial charge in [0.05, 0.1) is 52.6 Å². The van der Waals surface area contributed by atoms with Gasteiger partial charge in [0.15, 0.2) is 11.6 Å². The summed E-state index contributed by atoms with van der Waals surface area (Å²) >= 11 is 0. The molecule has 0 unspecified atom stereocenters. The third kappa shape index (κ3) is 4.35. The molecule has 0 aliphatic carbocycles. The van der Waals surface area contributed by atoms with Gasteiger partial charge in [-0.15, -0.1) is 0 Å². The second-order valence-corrected chi connectivity index (χ2v) is 6.50. The van der Waals surface area contributed by atoms with Gasteiger partial charge in [-0.2, -0.15) is 0 Å². The molecule has 13 heteroatoms. The van der Waals surface area contributed by atoms with Crippen molar-refractivity contribution in [3.05, 3.63) is 68.3 Å². The highest BCUT2D eigenvalue weighted by atomic mass is 19.1. The first-order valence-electron chi connectivity index (χ1n) is 8.90. The van der Waals surface area contributed by atoms with Gasteiger partial charge < -0.3 is 9.61 Å². The highest BCUT2D eigenvalue weighted by Crippen LogP contribution is 2.31. The minimum absolute atomic E-state index is 0.0219. The molecule has 1 saturated heterocycles. The van der Waals surface area contributed by atoms with Crippen molar-refractivity contribution in [1.29, 1.82) is 0 Å². The molecule has 1 heterocycles. The summed E-state index contributed by atoms with van der Waals surface area (Å²) in [4.78, 5) is 33.0. The van der Waals surface area contributed by atoms with E-state index in [0.717, 1.165) is 30.5 Å². The van der Waals surface area contributed by atoms with Crippen LogP contribution in [0.4, 0.5) is 31.5 Å². The third-order valence-electron chi connectivity index (χ3n) is 4.72. The van der Waals surface area contributed by atoms with E-state index in [4.69, 9.17) is 0 Å². The standard InChI is InChI=1S/C17H16BF2N5O5/c19-14-9-12(24(27)28)1-3-16(14)22-7-5-21(18-11-26)6-8-23(22)17-4-2-13(25(29)30)10-15(17)20/h1-4,9-11,18H,5-8H2. The summed E-state index contributed by atoms with van der Waals surface area (Å²) < 4.78 is 29.4. The van der Waals surface area contributed by atoms with E-state index in [-0.39, 0.29) is 31.9 Å². The van der Waals surface area contributed by atoms with E-state index in [1.807, 2.05) is 0 Å². The predicted octanol–water partition coefficient (Wildman–Crippen LogP) is 1.87. The van der Waals surface area contributed by atoms with E-state index in [2.05, 4.69) is 0 Å². The van der Waals surface area contributed by atoms with E-state index < -0.39 is 32.9 Å². The number of rotatable bonds is 6. The number of carbonyl (C=O) groups is 1. The summed E-state index contributed by atoms with van der Waals surface area (Å²) in [5.41, 5.74) is -0.902. The number of hydrogen-bond donors (Lipinski definition) is 0. The molecule has 2 aromatic carbocycles. The van der Waals surface area contributed by atoms with Crippen molar-refractivity contribution in [3.8, 4) is 0 Å². The molecule has 0 spiro atoms. The molecule has 0 radical (unpaired) electrons. The molecule has 0 bridgehead atoms. The van der Waals surface area contributed by atoms with Gasteiger partial charge in [-0.25, -0.2) is 8.78 Å². The maximum atomic E-state index is 14.7. The molecule has 1 aliphatic heterocycles. The topological polar surface area (TPSA) is 113 Å². The normalized spacial score (nSPS) is 14.9. The minimum Gasteiger partial charge on any atom is -0.335 e. The fourth-order valence-corrected chi connectivity index (χ4v) is 3.25. The van der Waals surface area contributed by atoms with Crippen LogP contribution in [0.2, 0.25) is 0 Å². The Balaban J connectivity index is 2.04. The number of nitro groups is 2. The lowest BCUT2D eigenvalue weighted by molar-refractivity contribution is -0.385. The number of hydrogen-bond acceptors (Lipinski definition) is 8. The van der Waals surface area contributed by atoms with Crippen LogP contribution in [0.3, 0.4) is 0 Å². The van der Waals surface area contributed by atoms with Crippen LogP contribution in [-0.2, 0) is 4.79 Å². The van der Waals surface area contributed by atoms with Crippen molar-refractivity contribution in [3.63, 3.8) is 0 Å². The molecule has 0 saturated carbocycles. The molecule has 0 atom stereocenters. The lowest BCUT2D eigenvalue weighted by atomic mass is 9.94. The summed E-state index contributed by atoms with van der Waals surface area (Å²) in [5.74, 6) is -1.75. The van der Waals surface area contributed by atoms with Gasteiger partial charge in [-0.05, 0) is 12.1 Å². The smallest absolute Gasteiger partial charge is 0.281 e. The van der Waals surface area contributed by atoms with Crippen molar-refractivity contribution < 1.29 is 23.4 Å². The molecule has 2 aromatic rings. The van der Waals surface area contributed by atoms with Gasteiger partial charge in [-0.3, -0.25) is 30.2 Å². The van der Waals surface area contributed by atoms with Crippen LogP contribution in [0.15, 0.2) is 36.4 Å². The summed E-state index contributed by atoms with van der Waals surface area (Å²) in [6.07, 6.45) is 0.721. The van der Waals surface area contributed by atoms with Crippen molar-refractivity contribution in [2.45, 2.75) is 0 Å². The number of halogens is 2. The van der Waals surface area contributed by atoms with Gasteiger partial charge in [0.2, 0.25) is 0 Å². The Morgan fingerprint density at radius 1 is 0.833 bits per heavy atom. The quantitative estimate of drug-likeness (QED) is 0.302. The second kappa shape index (κ2) is 8.82. The number of nitro benzene ring substituents is 2. The Morgan fingerprint density at radius 2 is 1.27 bits per heavy atom. The lowest BCUT2D eigenvalue weighted by Gasteiger charge is -2.36. The van der Waals surface area contributed by atoms with E-state index in [0.29, 0.717) is 13.1 Å². The molecule has 0 aromatic heterocycles. The van der Waals surface area contributed by atoms with Crippen LogP contribution in [-0.4, -0.2) is 54.4 Å². The van der Waals surface area contributed by atoms with Crippen LogP contribution in [0, 0.1) is 31.9 Å². The molecule has 1 aliphatic rings. The zero-order chi connectivity index (χ0) is 21.8. The van der Waals surface area contributed by atoms with Crippen molar-refractivity contribution in [1.82, 2.24) is 4.81 Å². The first-order valence-corrected chi connectivity index (χ1v) is 8.90. The molecular weight excluding hydrogens is 403 g/mol. The molecule has 30 heavy (non-hydrogen) atoms. The summed E-state index contributed by atoms with van der Waals surface area (Å²) in [6.45, 7) is 0.999. The second-order valence-electron chi connectivity index (χ2n) is 6.50. The largest absolute Gasteiger partial charge is 0.335 e. The first kappa shape index (κ1) is 21.1. The van der Waals surface area contributed by atoms with Crippen molar-refractivity contribution in [2.75, 3.05) is 36.2 Å². The van der Waals surface area contributed by atoms with Crippen molar-refractivity contribution >= 4 is 36.3 Å². The highest BCUT2D eigenvalue weighted by Gasteiger charge is 2.28. The Labute approximate surface area is 169 Å². The minimum atomic E-state index is -0.875. The predicted molar refractivity (Wildman–Crippen MR) is 106 cm³/mol. The summed E-state index contributed by atoms with van der Waals surface area (Å²) in [7, 11) is 0.132. The van der Waals surface area contributed by atoms with Crippen LogP contribution >= 0.6 is 0 Å². The Kier molecular flexibility index (Phi) is 6.21. The zero-order valence-electron chi connectivity index (χ0n) is 15.6. The average Bonchev–Trinajstić information content (AvgIpc) is 2.90. The molecule has 0 amide bonds. The Bertz CT molecular complexity index is 922. The number of hydrazine groups is 1. The van der Waals surface area contributed by atoms with Crippen LogP contribution in [0.5, 0.6) is 0 Å². The SMILES string of the molecule is O=CBN1CCN(c2ccc([N+](=O)[O-])cc2F)N(c2ccc([N+](=O)[O-])cc2F)CC1. The summed E-state index contributed by atoms with van der Waals surface area (Å²) in [6, 6.07) is 6.26. The van der Waals surface area contributed by atoms with Crippen molar-refractivity contribution in [2.24, 2.45) is 0 Å². The fraction of sp³-hybridized carbons (Fsp3) is 0.235. The maximum Gasteiger partial charge on any atom is 0.281 e. The van der Waals surface area contributed by atoms with Crippen LogP contribution < -0.4 is 10.0 Å². The van der Waals surface area contributed by atoms with Crippen LogP contribution in [0.25, 0.3) is 0 Å². The fourth-order valence-electron chi connectivity index (χ4n) is 3.25. The highest BCUT2D eigenvalue weighted by molar-refractivity contribution is 6.64.